The molecule has 0 saturated heterocycles. The Morgan fingerprint density at radius 2 is 2.18 bits per heavy atom. The fraction of sp³-hybridized carbons (Fsp3) is 0. The van der Waals surface area contributed by atoms with Crippen molar-refractivity contribution in [3.63, 3.8) is 0 Å². The molecule has 0 aliphatic rings. The number of hydrogen-bond acceptors (Lipinski definition) is 5. The number of nitrogens with two attached hydrogens (primary N) is 2. The van der Waals surface area contributed by atoms with Gasteiger partial charge in [-0.2, -0.15) is 9.89 Å². The van der Waals surface area contributed by atoms with E-state index < -0.39 is 0 Å². The minimum atomic E-state index is 0.395. The van der Waals surface area contributed by atoms with E-state index in [4.69, 9.17) is 11.6 Å². The highest BCUT2D eigenvalue weighted by molar-refractivity contribution is 5.84. The third kappa shape index (κ3) is 0.689. The lowest BCUT2D eigenvalue weighted by Gasteiger charge is -1.92. The van der Waals surface area contributed by atoms with Gasteiger partial charge in [-0.1, -0.05) is 0 Å². The summed E-state index contributed by atoms with van der Waals surface area (Å²) in [5, 5.41) is 4.44. The maximum Gasteiger partial charge on any atom is 0.185 e. The van der Waals surface area contributed by atoms with Gasteiger partial charge in [0.25, 0.3) is 0 Å². The van der Waals surface area contributed by atoms with Gasteiger partial charge in [0.1, 0.15) is 12.1 Å². The van der Waals surface area contributed by atoms with Crippen molar-refractivity contribution in [2.45, 2.75) is 0 Å². The highest BCUT2D eigenvalue weighted by Crippen LogP contribution is 2.12. The molecule has 0 aromatic carbocycles. The van der Waals surface area contributed by atoms with Gasteiger partial charge in [-0.25, -0.2) is 9.97 Å². The van der Waals surface area contributed by atoms with Crippen molar-refractivity contribution in [3.8, 4) is 0 Å². The number of aromatic nitrogens is 4. The molecule has 0 aliphatic heterocycles. The molecule has 11 heavy (non-hydrogen) atoms. The number of fused-ring (bicyclic) bond motifs is 1. The lowest BCUT2D eigenvalue weighted by Crippen LogP contribution is -2.10. The molecule has 0 spiro atoms. The van der Waals surface area contributed by atoms with E-state index in [1.807, 2.05) is 0 Å². The van der Waals surface area contributed by atoms with E-state index in [-0.39, 0.29) is 0 Å². The molecule has 6 nitrogen and oxygen atoms in total. The van der Waals surface area contributed by atoms with Gasteiger partial charge in [-0.05, 0) is 0 Å². The van der Waals surface area contributed by atoms with Crippen molar-refractivity contribution < 1.29 is 0 Å². The number of hydrogen-bond donors (Lipinski definition) is 2. The number of rotatable bonds is 0. The molecule has 2 aromatic rings. The Bertz CT molecular complexity index is 391. The second-order valence-corrected chi connectivity index (χ2v) is 2.09. The minimum Gasteiger partial charge on any atom is -0.383 e. The molecule has 0 bridgehead atoms. The van der Waals surface area contributed by atoms with Gasteiger partial charge < -0.3 is 11.6 Å². The first kappa shape index (κ1) is 5.90. The first-order valence-electron chi connectivity index (χ1n) is 2.98. The predicted octanol–water partition coefficient (Wildman–Crippen LogP) is -0.878. The van der Waals surface area contributed by atoms with Crippen molar-refractivity contribution in [2.75, 3.05) is 11.6 Å². The first-order chi connectivity index (χ1) is 5.29. The summed E-state index contributed by atoms with van der Waals surface area (Å²) in [6.45, 7) is 0. The van der Waals surface area contributed by atoms with E-state index >= 15 is 0 Å². The van der Waals surface area contributed by atoms with Crippen LogP contribution >= 0.6 is 0 Å². The summed E-state index contributed by atoms with van der Waals surface area (Å²) >= 11 is 0. The van der Waals surface area contributed by atoms with Crippen LogP contribution in [0.3, 0.4) is 0 Å². The largest absolute Gasteiger partial charge is 0.383 e. The molecule has 0 amide bonds. The summed E-state index contributed by atoms with van der Waals surface area (Å²) in [7, 11) is 0. The molecular formula is C5H6N6. The maximum absolute atomic E-state index is 5.51. The lowest BCUT2D eigenvalue weighted by molar-refractivity contribution is 0.848. The summed E-state index contributed by atoms with van der Waals surface area (Å²) in [6, 6.07) is 0. The first-order valence-corrected chi connectivity index (χ1v) is 2.98. The van der Waals surface area contributed by atoms with Crippen LogP contribution in [0.25, 0.3) is 11.0 Å². The summed E-state index contributed by atoms with van der Waals surface area (Å²) in [5.41, 5.74) is 6.05. The monoisotopic (exact) mass is 150 g/mol. The second-order valence-electron chi connectivity index (χ2n) is 2.09. The molecule has 2 aromatic heterocycles. The van der Waals surface area contributed by atoms with Crippen LogP contribution in [0.4, 0.5) is 5.82 Å². The van der Waals surface area contributed by atoms with Crippen LogP contribution < -0.4 is 11.6 Å². The van der Waals surface area contributed by atoms with Crippen molar-refractivity contribution in [1.29, 1.82) is 0 Å². The van der Waals surface area contributed by atoms with E-state index in [0.29, 0.717) is 16.9 Å². The zero-order valence-electron chi connectivity index (χ0n) is 5.60. The molecule has 0 atom stereocenters. The quantitative estimate of drug-likeness (QED) is 0.475. The molecule has 0 radical (unpaired) electrons. The van der Waals surface area contributed by atoms with Gasteiger partial charge in [0.15, 0.2) is 5.65 Å². The minimum absolute atomic E-state index is 0.395. The van der Waals surface area contributed by atoms with Crippen molar-refractivity contribution in [3.05, 3.63) is 12.5 Å². The van der Waals surface area contributed by atoms with Gasteiger partial charge in [-0.15, -0.1) is 0 Å². The summed E-state index contributed by atoms with van der Waals surface area (Å²) in [5.74, 6) is 5.80. The number of nitrogen functional groups attached to an aromatic ring is 2. The standard InChI is InChI=1S/C5H6N6/c6-4-3-1-10-11(7)5(3)9-2-8-4/h1-2H,7H2,(H2,6,8,9). The molecule has 6 heteroatoms. The van der Waals surface area contributed by atoms with E-state index in [1.165, 1.54) is 12.5 Å². The Morgan fingerprint density at radius 3 is 2.91 bits per heavy atom. The zero-order valence-corrected chi connectivity index (χ0v) is 5.60. The average molecular weight is 150 g/mol. The fourth-order valence-electron chi connectivity index (χ4n) is 0.880. The van der Waals surface area contributed by atoms with Crippen LogP contribution in [0, 0.1) is 0 Å². The van der Waals surface area contributed by atoms with Crippen LogP contribution in [0.1, 0.15) is 0 Å². The second kappa shape index (κ2) is 1.82. The molecule has 0 saturated carbocycles. The molecule has 0 fully saturated rings. The van der Waals surface area contributed by atoms with Gasteiger partial charge in [0.2, 0.25) is 0 Å². The molecule has 2 heterocycles. The topological polar surface area (TPSA) is 95.6 Å². The SMILES string of the molecule is Nc1ncnc2c1cnn2N. The summed E-state index contributed by atoms with van der Waals surface area (Å²) in [6.07, 6.45) is 2.88. The molecule has 2 rings (SSSR count). The lowest BCUT2D eigenvalue weighted by atomic mass is 10.4. The Labute approximate surface area is 61.8 Å². The molecular weight excluding hydrogens is 144 g/mol. The number of nitrogens with zero attached hydrogens (tertiary/aromatic N) is 4. The highest BCUT2D eigenvalue weighted by atomic mass is 15.5. The van der Waals surface area contributed by atoms with E-state index in [0.717, 1.165) is 4.79 Å². The average Bonchev–Trinajstić information content (AvgIpc) is 2.35. The van der Waals surface area contributed by atoms with E-state index in [9.17, 15) is 0 Å². The fourth-order valence-corrected chi connectivity index (χ4v) is 0.880. The molecule has 0 unspecified atom stereocenters. The third-order valence-electron chi connectivity index (χ3n) is 1.42. The Hall–Kier alpha value is -1.85. The molecule has 0 aliphatic carbocycles. The zero-order chi connectivity index (χ0) is 7.84. The maximum atomic E-state index is 5.51. The Balaban J connectivity index is 2.94. The van der Waals surface area contributed by atoms with Crippen LogP contribution in [-0.2, 0) is 0 Å². The van der Waals surface area contributed by atoms with Gasteiger partial charge in [0, 0.05) is 0 Å². The van der Waals surface area contributed by atoms with Crippen LogP contribution in [0.15, 0.2) is 12.5 Å². The van der Waals surface area contributed by atoms with Crippen molar-refractivity contribution in [1.82, 2.24) is 19.9 Å². The van der Waals surface area contributed by atoms with Crippen molar-refractivity contribution >= 4 is 16.9 Å². The normalized spacial score (nSPS) is 10.5. The van der Waals surface area contributed by atoms with E-state index in [2.05, 4.69) is 15.1 Å². The predicted molar refractivity (Wildman–Crippen MR) is 39.9 cm³/mol. The van der Waals surface area contributed by atoms with E-state index in [1.54, 1.807) is 0 Å². The van der Waals surface area contributed by atoms with Crippen LogP contribution in [-0.4, -0.2) is 19.9 Å². The van der Waals surface area contributed by atoms with Crippen LogP contribution in [0.5, 0.6) is 0 Å². The van der Waals surface area contributed by atoms with Gasteiger partial charge >= 0.3 is 0 Å². The smallest absolute Gasteiger partial charge is 0.185 e. The Kier molecular flexibility index (Phi) is 0.974. The van der Waals surface area contributed by atoms with Gasteiger partial charge in [0.05, 0.1) is 11.6 Å². The van der Waals surface area contributed by atoms with Gasteiger partial charge in [-0.3, -0.25) is 0 Å². The highest BCUT2D eigenvalue weighted by Gasteiger charge is 2.03. The third-order valence-corrected chi connectivity index (χ3v) is 1.42. The summed E-state index contributed by atoms with van der Waals surface area (Å²) < 4.78 is 0. The van der Waals surface area contributed by atoms with Crippen LogP contribution in [0.2, 0.25) is 0 Å². The Morgan fingerprint density at radius 1 is 1.36 bits per heavy atom. The number of anilines is 1. The van der Waals surface area contributed by atoms with Crippen molar-refractivity contribution in [2.24, 2.45) is 0 Å². The molecule has 56 valence electrons. The summed E-state index contributed by atoms with van der Waals surface area (Å²) in [4.78, 5) is 8.82. The molecule has 4 N–H and O–H groups in total.